The molecule has 2 heterocycles. The van der Waals surface area contributed by atoms with E-state index < -0.39 is 5.41 Å². The van der Waals surface area contributed by atoms with E-state index in [9.17, 15) is 9.59 Å². The van der Waals surface area contributed by atoms with Crippen molar-refractivity contribution < 1.29 is 14.3 Å². The zero-order valence-electron chi connectivity index (χ0n) is 12.2. The Bertz CT molecular complexity index is 427. The van der Waals surface area contributed by atoms with Crippen LogP contribution in [0.2, 0.25) is 0 Å². The molecule has 0 aromatic rings. The summed E-state index contributed by atoms with van der Waals surface area (Å²) in [5.41, 5.74) is 10.4. The van der Waals surface area contributed by atoms with Gasteiger partial charge in [0.1, 0.15) is 5.41 Å². The van der Waals surface area contributed by atoms with Crippen LogP contribution in [-0.2, 0) is 14.3 Å². The Kier molecular flexibility index (Phi) is 5.16. The molecule has 2 fully saturated rings. The summed E-state index contributed by atoms with van der Waals surface area (Å²) in [7, 11) is 0. The van der Waals surface area contributed by atoms with E-state index in [-0.39, 0.29) is 22.7 Å². The average Bonchev–Trinajstić information content (AvgIpc) is 2.47. The first-order valence-electron chi connectivity index (χ1n) is 7.41. The van der Waals surface area contributed by atoms with Crippen molar-refractivity contribution in [2.75, 3.05) is 26.3 Å². The summed E-state index contributed by atoms with van der Waals surface area (Å²) in [5, 5.41) is 0. The fourth-order valence-electron chi connectivity index (χ4n) is 3.21. The number of hydrogen-bond acceptors (Lipinski definition) is 4. The van der Waals surface area contributed by atoms with Crippen LogP contribution in [0.4, 0.5) is 0 Å². The number of nitrogens with two attached hydrogens (primary N) is 2. The van der Waals surface area contributed by atoms with Crippen LogP contribution in [0.1, 0.15) is 32.1 Å². The molecule has 0 unspecified atom stereocenters. The van der Waals surface area contributed by atoms with E-state index >= 15 is 0 Å². The molecule has 2 aliphatic heterocycles. The first-order valence-corrected chi connectivity index (χ1v) is 7.82. The zero-order chi connectivity index (χ0) is 15.5. The van der Waals surface area contributed by atoms with Gasteiger partial charge in [-0.1, -0.05) is 12.2 Å². The van der Waals surface area contributed by atoms with Crippen LogP contribution in [0, 0.1) is 11.3 Å². The third kappa shape index (κ3) is 3.52. The van der Waals surface area contributed by atoms with Gasteiger partial charge in [0, 0.05) is 32.7 Å². The zero-order valence-corrected chi connectivity index (χ0v) is 13.0. The molecule has 118 valence electrons. The summed E-state index contributed by atoms with van der Waals surface area (Å²) in [6.45, 7) is 2.31. The summed E-state index contributed by atoms with van der Waals surface area (Å²) < 4.78 is 5.34. The number of primary amides is 1. The number of thiocarbonyl (C=S) groups is 1. The molecule has 0 aromatic carbocycles. The maximum atomic E-state index is 12.9. The SMILES string of the molecule is NC(=O)CC1CCN(C(=O)C2(C(N)=S)CCOCC2)CC1. The van der Waals surface area contributed by atoms with Crippen LogP contribution in [0.25, 0.3) is 0 Å². The predicted molar refractivity (Wildman–Crippen MR) is 82.4 cm³/mol. The van der Waals surface area contributed by atoms with Gasteiger partial charge in [0.2, 0.25) is 11.8 Å². The smallest absolute Gasteiger partial charge is 0.235 e. The molecule has 2 amide bonds. The molecule has 0 spiro atoms. The molecule has 2 rings (SSSR count). The molecule has 0 bridgehead atoms. The van der Waals surface area contributed by atoms with Gasteiger partial charge < -0.3 is 21.1 Å². The molecule has 0 atom stereocenters. The van der Waals surface area contributed by atoms with Crippen LogP contribution < -0.4 is 11.5 Å². The largest absolute Gasteiger partial charge is 0.392 e. The summed E-state index contributed by atoms with van der Waals surface area (Å²) in [6.07, 6.45) is 3.12. The molecule has 0 aromatic heterocycles. The third-order valence-corrected chi connectivity index (χ3v) is 5.01. The quantitative estimate of drug-likeness (QED) is 0.722. The molecule has 0 saturated carbocycles. The second kappa shape index (κ2) is 6.70. The normalized spacial score (nSPS) is 22.8. The highest BCUT2D eigenvalue weighted by molar-refractivity contribution is 7.80. The van der Waals surface area contributed by atoms with Crippen LogP contribution >= 0.6 is 12.2 Å². The maximum Gasteiger partial charge on any atom is 0.235 e. The van der Waals surface area contributed by atoms with Gasteiger partial charge in [-0.25, -0.2) is 0 Å². The van der Waals surface area contributed by atoms with Crippen LogP contribution in [-0.4, -0.2) is 48.0 Å². The van der Waals surface area contributed by atoms with Crippen LogP contribution in [0.15, 0.2) is 0 Å². The summed E-state index contributed by atoms with van der Waals surface area (Å²) >= 11 is 5.17. The van der Waals surface area contributed by atoms with Gasteiger partial charge in [0.25, 0.3) is 0 Å². The topological polar surface area (TPSA) is 98.7 Å². The lowest BCUT2D eigenvalue weighted by Gasteiger charge is -2.41. The Morgan fingerprint density at radius 1 is 1.19 bits per heavy atom. The van der Waals surface area contributed by atoms with E-state index in [4.69, 9.17) is 28.4 Å². The monoisotopic (exact) mass is 313 g/mol. The van der Waals surface area contributed by atoms with Crippen molar-refractivity contribution >= 4 is 29.0 Å². The Hall–Kier alpha value is -1.21. The number of piperidine rings is 1. The molecule has 21 heavy (non-hydrogen) atoms. The highest BCUT2D eigenvalue weighted by atomic mass is 32.1. The van der Waals surface area contributed by atoms with Crippen LogP contribution in [0.5, 0.6) is 0 Å². The second-order valence-electron chi connectivity index (χ2n) is 5.96. The minimum atomic E-state index is -0.746. The highest BCUT2D eigenvalue weighted by Gasteiger charge is 2.45. The number of rotatable bonds is 4. The first kappa shape index (κ1) is 16.2. The number of amides is 2. The van der Waals surface area contributed by atoms with Crippen molar-refractivity contribution in [3.8, 4) is 0 Å². The molecule has 2 aliphatic rings. The number of nitrogens with zero attached hydrogens (tertiary/aromatic N) is 1. The van der Waals surface area contributed by atoms with Gasteiger partial charge in [-0.3, -0.25) is 9.59 Å². The van der Waals surface area contributed by atoms with Crippen molar-refractivity contribution in [1.82, 2.24) is 4.90 Å². The van der Waals surface area contributed by atoms with E-state index in [2.05, 4.69) is 0 Å². The van der Waals surface area contributed by atoms with Crippen molar-refractivity contribution in [3.63, 3.8) is 0 Å². The lowest BCUT2D eigenvalue weighted by atomic mass is 9.78. The third-order valence-electron chi connectivity index (χ3n) is 4.62. The van der Waals surface area contributed by atoms with Gasteiger partial charge in [0.05, 0.1) is 4.99 Å². The van der Waals surface area contributed by atoms with E-state index in [1.807, 2.05) is 4.90 Å². The fraction of sp³-hybridized carbons (Fsp3) is 0.786. The van der Waals surface area contributed by atoms with Gasteiger partial charge in [-0.15, -0.1) is 0 Å². The molecule has 2 saturated heterocycles. The second-order valence-corrected chi connectivity index (χ2v) is 6.40. The Morgan fingerprint density at radius 3 is 2.24 bits per heavy atom. The van der Waals surface area contributed by atoms with Crippen molar-refractivity contribution in [1.29, 1.82) is 0 Å². The van der Waals surface area contributed by atoms with Gasteiger partial charge >= 0.3 is 0 Å². The van der Waals surface area contributed by atoms with E-state index in [1.165, 1.54) is 0 Å². The molecule has 0 radical (unpaired) electrons. The van der Waals surface area contributed by atoms with Gasteiger partial charge in [-0.05, 0) is 31.6 Å². The number of ether oxygens (including phenoxy) is 1. The minimum Gasteiger partial charge on any atom is -0.392 e. The Morgan fingerprint density at radius 2 is 1.76 bits per heavy atom. The summed E-state index contributed by atoms with van der Waals surface area (Å²) in [5.74, 6) is 0.0293. The standard InChI is InChI=1S/C14H23N3O3S/c15-11(18)9-10-1-5-17(6-2-10)13(19)14(12(16)21)3-7-20-8-4-14/h10H,1-9H2,(H2,15,18)(H2,16,21). The van der Waals surface area contributed by atoms with E-state index in [0.29, 0.717) is 45.6 Å². The van der Waals surface area contributed by atoms with Gasteiger partial charge in [0.15, 0.2) is 0 Å². The van der Waals surface area contributed by atoms with E-state index in [0.717, 1.165) is 12.8 Å². The van der Waals surface area contributed by atoms with E-state index in [1.54, 1.807) is 0 Å². The highest BCUT2D eigenvalue weighted by Crippen LogP contribution is 2.35. The van der Waals surface area contributed by atoms with Gasteiger partial charge in [-0.2, -0.15) is 0 Å². The maximum absolute atomic E-state index is 12.9. The Balaban J connectivity index is 1.99. The summed E-state index contributed by atoms with van der Waals surface area (Å²) in [4.78, 5) is 25.9. The molecule has 0 aliphatic carbocycles. The number of carbonyl (C=O) groups excluding carboxylic acids is 2. The van der Waals surface area contributed by atoms with Crippen LogP contribution in [0.3, 0.4) is 0 Å². The van der Waals surface area contributed by atoms with Crippen molar-refractivity contribution in [3.05, 3.63) is 0 Å². The van der Waals surface area contributed by atoms with Crippen molar-refractivity contribution in [2.45, 2.75) is 32.1 Å². The molecular formula is C14H23N3O3S. The fourth-order valence-corrected chi connectivity index (χ4v) is 3.50. The number of hydrogen-bond donors (Lipinski definition) is 2. The predicted octanol–water partition coefficient (Wildman–Crippen LogP) is 0.183. The van der Waals surface area contributed by atoms with Crippen molar-refractivity contribution in [2.24, 2.45) is 22.8 Å². The molecule has 7 heteroatoms. The first-order chi connectivity index (χ1) is 9.95. The molecule has 6 nitrogen and oxygen atoms in total. The number of likely N-dealkylation sites (tertiary alicyclic amines) is 1. The lowest BCUT2D eigenvalue weighted by molar-refractivity contribution is -0.143. The average molecular weight is 313 g/mol. The lowest BCUT2D eigenvalue weighted by Crippen LogP contribution is -2.54. The number of carbonyl (C=O) groups is 2. The summed E-state index contributed by atoms with van der Waals surface area (Å²) in [6, 6.07) is 0. The molecule has 4 N–H and O–H groups in total. The molecular weight excluding hydrogens is 290 g/mol. The Labute approximate surface area is 130 Å². The minimum absolute atomic E-state index is 0.0239.